The number of hydrogen-bond acceptors (Lipinski definition) is 7. The van der Waals surface area contributed by atoms with Crippen LogP contribution in [0.2, 0.25) is 35.7 Å². The van der Waals surface area contributed by atoms with E-state index in [0.717, 1.165) is 41.1 Å². The minimum Gasteiger partial charge on any atom is -0.459 e. The van der Waals surface area contributed by atoms with E-state index in [1.807, 2.05) is 23.9 Å². The third-order valence-corrected chi connectivity index (χ3v) is 19.0. The second-order valence-corrected chi connectivity index (χ2v) is 29.0. The van der Waals surface area contributed by atoms with E-state index in [9.17, 15) is 0 Å². The first-order chi connectivity index (χ1) is 28.7. The fraction of sp³-hybridized carbons (Fsp3) is 0.426. The van der Waals surface area contributed by atoms with Crippen molar-refractivity contribution in [3.8, 4) is 17.1 Å². The van der Waals surface area contributed by atoms with Crippen LogP contribution in [0.5, 0.6) is 6.01 Å². The number of rotatable bonds is 15. The Morgan fingerprint density at radius 2 is 1.67 bits per heavy atom. The van der Waals surface area contributed by atoms with E-state index in [0.29, 0.717) is 60.6 Å². The SMILES string of the molecule is Cn1cc(-c2cc(F)c3c(c2)CCC3Cc2nc3c(cc2Cl)nc(O[C@@H]2CO[C@H](CO[Si](c4ccccc4)(c4ccccc4)C(C)(C)C)C2)n3COCC[Si](C)(C)C)cn1. The summed E-state index contributed by atoms with van der Waals surface area (Å²) in [6.07, 6.45) is 6.03. The normalized spacial score (nSPS) is 18.4. The molecular formula is C47H57ClFN5O4Si2. The molecule has 0 bridgehead atoms. The summed E-state index contributed by atoms with van der Waals surface area (Å²) >= 11 is 6.96. The standard InChI is InChI=1S/C47H57ClFN5O4Si2/c1-47(2,3)60(38-14-10-8-11-15-38,39-16-12-9-13-17-39)57-30-36-25-37(29-56-36)58-46-52-43-26-40(48)42(51-45(43)54(46)31-55-20-21-59(5,6)7)24-33-19-18-32-22-34(23-41(49)44(32)33)35-27-50-53(4)28-35/h8-17,22-23,26-28,33,36-37H,18-21,24-25,29-31H2,1-7H3/t33?,36-,37-/m0/s1. The van der Waals surface area contributed by atoms with Gasteiger partial charge in [-0.1, -0.05) is 119 Å². The highest BCUT2D eigenvalue weighted by atomic mass is 35.5. The van der Waals surface area contributed by atoms with Gasteiger partial charge in [-0.05, 0) is 75.5 Å². The molecule has 0 amide bonds. The molecule has 3 aromatic carbocycles. The van der Waals surface area contributed by atoms with Gasteiger partial charge in [0.15, 0.2) is 5.65 Å². The van der Waals surface area contributed by atoms with Crippen LogP contribution in [-0.2, 0) is 40.5 Å². The summed E-state index contributed by atoms with van der Waals surface area (Å²) in [6.45, 7) is 15.6. The van der Waals surface area contributed by atoms with Crippen molar-refractivity contribution >= 4 is 49.5 Å². The second-order valence-electron chi connectivity index (χ2n) is 18.7. The van der Waals surface area contributed by atoms with Crippen molar-refractivity contribution in [2.75, 3.05) is 19.8 Å². The van der Waals surface area contributed by atoms with Crippen molar-refractivity contribution in [3.05, 3.63) is 119 Å². The highest BCUT2D eigenvalue weighted by Crippen LogP contribution is 2.41. The van der Waals surface area contributed by atoms with Crippen LogP contribution in [0.3, 0.4) is 0 Å². The average Bonchev–Trinajstić information content (AvgIpc) is 4.01. The molecule has 2 aliphatic rings. The minimum absolute atomic E-state index is 0.0517. The van der Waals surface area contributed by atoms with E-state index in [1.54, 1.807) is 16.9 Å². The van der Waals surface area contributed by atoms with Gasteiger partial charge >= 0.3 is 6.01 Å². The number of halogens is 2. The van der Waals surface area contributed by atoms with Gasteiger partial charge in [0.1, 0.15) is 24.2 Å². The van der Waals surface area contributed by atoms with Gasteiger partial charge < -0.3 is 18.6 Å². The molecule has 0 radical (unpaired) electrons. The van der Waals surface area contributed by atoms with E-state index in [2.05, 4.69) is 112 Å². The summed E-state index contributed by atoms with van der Waals surface area (Å²) in [5, 5.41) is 7.11. The van der Waals surface area contributed by atoms with Crippen LogP contribution in [0.15, 0.2) is 91.3 Å². The lowest BCUT2D eigenvalue weighted by molar-refractivity contribution is 0.0536. The first kappa shape index (κ1) is 42.5. The van der Waals surface area contributed by atoms with Gasteiger partial charge in [-0.3, -0.25) is 9.25 Å². The number of fused-ring (bicyclic) bond motifs is 2. The van der Waals surface area contributed by atoms with Crippen molar-refractivity contribution in [2.45, 2.75) is 102 Å². The fourth-order valence-electron chi connectivity index (χ4n) is 8.91. The van der Waals surface area contributed by atoms with Crippen LogP contribution >= 0.6 is 11.6 Å². The molecule has 4 heterocycles. The molecule has 13 heteroatoms. The molecule has 60 heavy (non-hydrogen) atoms. The molecule has 0 saturated carbocycles. The highest BCUT2D eigenvalue weighted by Gasteiger charge is 2.50. The molecular weight excluding hydrogens is 809 g/mol. The zero-order chi connectivity index (χ0) is 42.2. The van der Waals surface area contributed by atoms with E-state index in [1.165, 1.54) is 10.4 Å². The van der Waals surface area contributed by atoms with Gasteiger partial charge in [0, 0.05) is 39.9 Å². The van der Waals surface area contributed by atoms with E-state index in [4.69, 9.17) is 40.2 Å². The molecule has 3 aromatic heterocycles. The molecule has 8 rings (SSSR count). The van der Waals surface area contributed by atoms with E-state index in [-0.39, 0.29) is 35.7 Å². The molecule has 1 aliphatic heterocycles. The molecule has 6 aromatic rings. The lowest BCUT2D eigenvalue weighted by Crippen LogP contribution is -2.67. The molecule has 3 atom stereocenters. The maximum absolute atomic E-state index is 15.9. The Balaban J connectivity index is 1.02. The Bertz CT molecular complexity index is 2390. The predicted molar refractivity (Wildman–Crippen MR) is 242 cm³/mol. The van der Waals surface area contributed by atoms with Crippen LogP contribution in [-0.4, -0.2) is 72.7 Å². The Kier molecular flexibility index (Phi) is 12.3. The van der Waals surface area contributed by atoms with Crippen LogP contribution in [0.25, 0.3) is 22.3 Å². The zero-order valence-electron chi connectivity index (χ0n) is 35.9. The zero-order valence-corrected chi connectivity index (χ0v) is 38.6. The predicted octanol–water partition coefficient (Wildman–Crippen LogP) is 9.32. The monoisotopic (exact) mass is 865 g/mol. The van der Waals surface area contributed by atoms with Crippen LogP contribution in [0.4, 0.5) is 4.39 Å². The van der Waals surface area contributed by atoms with Gasteiger partial charge in [0.05, 0.1) is 36.2 Å². The summed E-state index contributed by atoms with van der Waals surface area (Å²) < 4.78 is 46.1. The second kappa shape index (κ2) is 17.3. The number of benzene rings is 3. The molecule has 316 valence electrons. The highest BCUT2D eigenvalue weighted by molar-refractivity contribution is 6.99. The number of aryl methyl sites for hydroxylation is 2. The Hall–Kier alpha value is -4.18. The van der Waals surface area contributed by atoms with E-state index < -0.39 is 16.4 Å². The maximum Gasteiger partial charge on any atom is 0.300 e. The van der Waals surface area contributed by atoms with Gasteiger partial charge in [-0.25, -0.2) is 9.37 Å². The third kappa shape index (κ3) is 8.91. The molecule has 1 aliphatic carbocycles. The smallest absolute Gasteiger partial charge is 0.300 e. The summed E-state index contributed by atoms with van der Waals surface area (Å²) in [7, 11) is -2.20. The molecule has 9 nitrogen and oxygen atoms in total. The van der Waals surface area contributed by atoms with E-state index >= 15 is 4.39 Å². The molecule has 1 unspecified atom stereocenters. The van der Waals surface area contributed by atoms with Gasteiger partial charge in [-0.2, -0.15) is 10.1 Å². The van der Waals surface area contributed by atoms with Crippen LogP contribution in [0, 0.1) is 5.82 Å². The van der Waals surface area contributed by atoms with Crippen LogP contribution in [0.1, 0.15) is 56.4 Å². The topological polar surface area (TPSA) is 85.5 Å². The van der Waals surface area contributed by atoms with Crippen molar-refractivity contribution < 1.29 is 23.0 Å². The molecule has 1 fully saturated rings. The summed E-state index contributed by atoms with van der Waals surface area (Å²) in [6, 6.07) is 28.4. The summed E-state index contributed by atoms with van der Waals surface area (Å²) in [5.74, 6) is -0.249. The van der Waals surface area contributed by atoms with Gasteiger partial charge in [0.2, 0.25) is 0 Å². The molecule has 0 spiro atoms. The Labute approximate surface area is 360 Å². The average molecular weight is 867 g/mol. The minimum atomic E-state index is -2.74. The third-order valence-electron chi connectivity index (χ3n) is 12.0. The largest absolute Gasteiger partial charge is 0.459 e. The molecule has 1 saturated heterocycles. The van der Waals surface area contributed by atoms with Crippen LogP contribution < -0.4 is 15.1 Å². The lowest BCUT2D eigenvalue weighted by atomic mass is 9.93. The van der Waals surface area contributed by atoms with Crippen molar-refractivity contribution in [3.63, 3.8) is 0 Å². The summed E-state index contributed by atoms with van der Waals surface area (Å²) in [5.41, 5.74) is 5.49. The number of pyridine rings is 1. The number of imidazole rings is 1. The Morgan fingerprint density at radius 1 is 0.950 bits per heavy atom. The number of hydrogen-bond donors (Lipinski definition) is 0. The first-order valence-corrected chi connectivity index (χ1v) is 27.2. The van der Waals surface area contributed by atoms with Crippen molar-refractivity contribution in [1.29, 1.82) is 0 Å². The molecule has 0 N–H and O–H groups in total. The van der Waals surface area contributed by atoms with Crippen molar-refractivity contribution in [2.24, 2.45) is 7.05 Å². The maximum atomic E-state index is 15.9. The van der Waals surface area contributed by atoms with Crippen molar-refractivity contribution in [1.82, 2.24) is 24.3 Å². The first-order valence-electron chi connectivity index (χ1n) is 21.2. The lowest BCUT2D eigenvalue weighted by Gasteiger charge is -2.43. The van der Waals surface area contributed by atoms with Gasteiger partial charge in [-0.15, -0.1) is 0 Å². The Morgan fingerprint density at radius 3 is 2.32 bits per heavy atom. The number of nitrogens with zero attached hydrogens (tertiary/aromatic N) is 5. The van der Waals surface area contributed by atoms with Gasteiger partial charge in [0.25, 0.3) is 8.32 Å². The summed E-state index contributed by atoms with van der Waals surface area (Å²) in [4.78, 5) is 10.0. The number of ether oxygens (including phenoxy) is 3. The quantitative estimate of drug-likeness (QED) is 0.0752. The fourth-order valence-corrected chi connectivity index (χ4v) is 14.5. The number of aromatic nitrogens is 5.